The van der Waals surface area contributed by atoms with Crippen molar-refractivity contribution in [2.45, 2.75) is 13.3 Å². The number of likely N-dealkylation sites (N-methyl/N-ethyl adjacent to an activating group) is 1. The van der Waals surface area contributed by atoms with Gasteiger partial charge in [-0.3, -0.25) is 4.79 Å². The number of hydrogen-bond acceptors (Lipinski definition) is 3. The Labute approximate surface area is 143 Å². The van der Waals surface area contributed by atoms with Crippen molar-refractivity contribution in [3.63, 3.8) is 0 Å². The molecule has 1 amide bonds. The van der Waals surface area contributed by atoms with E-state index >= 15 is 0 Å². The van der Waals surface area contributed by atoms with Crippen LogP contribution in [0.15, 0.2) is 29.3 Å². The fourth-order valence-corrected chi connectivity index (χ4v) is 2.00. The largest absolute Gasteiger partial charge is 0.374 e. The number of carbonyl (C=O) groups excluding carboxylic acids is 1. The van der Waals surface area contributed by atoms with Crippen LogP contribution < -0.4 is 15.5 Å². The average molecular weight is 337 g/mol. The van der Waals surface area contributed by atoms with E-state index in [9.17, 15) is 9.18 Å². The molecule has 0 saturated carbocycles. The zero-order chi connectivity index (χ0) is 17.9. The molecule has 24 heavy (non-hydrogen) atoms. The van der Waals surface area contributed by atoms with Crippen molar-refractivity contribution in [3.8, 4) is 0 Å². The highest BCUT2D eigenvalue weighted by Gasteiger charge is 2.05. The number of rotatable bonds is 8. The minimum Gasteiger partial charge on any atom is -0.374 e. The zero-order valence-corrected chi connectivity index (χ0v) is 15.0. The van der Waals surface area contributed by atoms with E-state index < -0.39 is 0 Å². The van der Waals surface area contributed by atoms with Gasteiger partial charge in [-0.15, -0.1) is 0 Å². The Morgan fingerprint density at radius 1 is 1.25 bits per heavy atom. The number of aliphatic imine (C=N–C) groups is 1. The van der Waals surface area contributed by atoms with E-state index in [1.807, 2.05) is 24.9 Å². The number of halogens is 1. The number of nitrogens with zero attached hydrogens (tertiary/aromatic N) is 3. The number of hydrogen-bond donors (Lipinski definition) is 2. The lowest BCUT2D eigenvalue weighted by molar-refractivity contribution is -0.127. The zero-order valence-electron chi connectivity index (χ0n) is 15.0. The maximum Gasteiger partial charge on any atom is 0.243 e. The van der Waals surface area contributed by atoms with Gasteiger partial charge in [0.25, 0.3) is 0 Å². The van der Waals surface area contributed by atoms with E-state index in [1.54, 1.807) is 20.2 Å². The molecule has 1 rings (SSSR count). The van der Waals surface area contributed by atoms with Crippen molar-refractivity contribution in [3.05, 3.63) is 30.1 Å². The maximum absolute atomic E-state index is 13.2. The molecule has 0 saturated heterocycles. The summed E-state index contributed by atoms with van der Waals surface area (Å²) in [6, 6.07) is 6.55. The quantitative estimate of drug-likeness (QED) is 0.426. The van der Waals surface area contributed by atoms with Gasteiger partial charge in [-0.25, -0.2) is 9.38 Å². The number of nitrogens with one attached hydrogen (secondary N) is 2. The highest BCUT2D eigenvalue weighted by Crippen LogP contribution is 2.13. The van der Waals surface area contributed by atoms with Crippen molar-refractivity contribution >= 4 is 17.6 Å². The minimum absolute atomic E-state index is 0.0435. The molecule has 0 fully saturated rings. The van der Waals surface area contributed by atoms with Crippen LogP contribution in [-0.4, -0.2) is 64.1 Å². The summed E-state index contributed by atoms with van der Waals surface area (Å²) in [6.07, 6.45) is 0.860. The first-order valence-electron chi connectivity index (χ1n) is 8.13. The van der Waals surface area contributed by atoms with Gasteiger partial charge in [-0.2, -0.15) is 0 Å². The summed E-state index contributed by atoms with van der Waals surface area (Å²) in [4.78, 5) is 19.4. The second-order valence-corrected chi connectivity index (χ2v) is 5.67. The molecule has 6 nitrogen and oxygen atoms in total. The Bertz CT molecular complexity index is 548. The van der Waals surface area contributed by atoms with E-state index in [4.69, 9.17) is 0 Å². The lowest BCUT2D eigenvalue weighted by atomic mass is 10.2. The molecule has 0 radical (unpaired) electrons. The average Bonchev–Trinajstić information content (AvgIpc) is 2.55. The van der Waals surface area contributed by atoms with Crippen LogP contribution in [0.2, 0.25) is 0 Å². The number of guanidine groups is 1. The van der Waals surface area contributed by atoms with Gasteiger partial charge in [-0.05, 0) is 31.5 Å². The van der Waals surface area contributed by atoms with Crippen LogP contribution in [0.3, 0.4) is 0 Å². The van der Waals surface area contributed by atoms with Crippen LogP contribution in [0.1, 0.15) is 13.3 Å². The molecule has 7 heteroatoms. The Balaban J connectivity index is 2.39. The molecule has 0 aliphatic carbocycles. The number of amides is 1. The van der Waals surface area contributed by atoms with Crippen molar-refractivity contribution in [1.29, 1.82) is 0 Å². The van der Waals surface area contributed by atoms with Crippen LogP contribution in [0.4, 0.5) is 10.1 Å². The molecule has 0 bridgehead atoms. The maximum atomic E-state index is 13.2. The Kier molecular flexibility index (Phi) is 8.60. The fourth-order valence-electron chi connectivity index (χ4n) is 2.00. The van der Waals surface area contributed by atoms with E-state index in [1.165, 1.54) is 17.0 Å². The van der Waals surface area contributed by atoms with Crippen LogP contribution in [0.25, 0.3) is 0 Å². The lowest BCUT2D eigenvalue weighted by Gasteiger charge is -2.20. The number of benzene rings is 1. The van der Waals surface area contributed by atoms with Gasteiger partial charge in [0.1, 0.15) is 12.4 Å². The van der Waals surface area contributed by atoms with Crippen molar-refractivity contribution in [2.75, 3.05) is 52.2 Å². The van der Waals surface area contributed by atoms with Gasteiger partial charge >= 0.3 is 0 Å². The summed E-state index contributed by atoms with van der Waals surface area (Å²) < 4.78 is 13.2. The second-order valence-electron chi connectivity index (χ2n) is 5.67. The summed E-state index contributed by atoms with van der Waals surface area (Å²) in [5, 5.41) is 6.31. The SMILES string of the molecule is CCNC(=NCC(=O)N(C)C)NCCCN(C)c1cccc(F)c1. The molecule has 0 aromatic heterocycles. The van der Waals surface area contributed by atoms with E-state index in [-0.39, 0.29) is 18.3 Å². The van der Waals surface area contributed by atoms with Crippen LogP contribution in [0, 0.1) is 5.82 Å². The van der Waals surface area contributed by atoms with Crippen LogP contribution in [0.5, 0.6) is 0 Å². The summed E-state index contributed by atoms with van der Waals surface area (Å²) >= 11 is 0. The van der Waals surface area contributed by atoms with Gasteiger partial charge in [0.15, 0.2) is 5.96 Å². The Morgan fingerprint density at radius 2 is 2.00 bits per heavy atom. The Morgan fingerprint density at radius 3 is 2.62 bits per heavy atom. The molecular weight excluding hydrogens is 309 g/mol. The van der Waals surface area contributed by atoms with Crippen LogP contribution in [-0.2, 0) is 4.79 Å². The Hall–Kier alpha value is -2.31. The van der Waals surface area contributed by atoms with Crippen molar-refractivity contribution in [2.24, 2.45) is 4.99 Å². The highest BCUT2D eigenvalue weighted by atomic mass is 19.1. The molecule has 0 heterocycles. The summed E-state index contributed by atoms with van der Waals surface area (Å²) in [5.41, 5.74) is 0.854. The topological polar surface area (TPSA) is 60.0 Å². The molecule has 0 aliphatic heterocycles. The summed E-state index contributed by atoms with van der Waals surface area (Å²) in [5.74, 6) is 0.351. The molecular formula is C17H28FN5O. The standard InChI is InChI=1S/C17H28FN5O/c1-5-19-17(21-13-16(24)22(2)3)20-10-7-11-23(4)15-9-6-8-14(18)12-15/h6,8-9,12H,5,7,10-11,13H2,1-4H3,(H2,19,20,21). The van der Waals surface area contributed by atoms with Gasteiger partial charge in [0.2, 0.25) is 5.91 Å². The van der Waals surface area contributed by atoms with Gasteiger partial charge in [-0.1, -0.05) is 6.07 Å². The first-order valence-corrected chi connectivity index (χ1v) is 8.13. The molecule has 2 N–H and O–H groups in total. The minimum atomic E-state index is -0.232. The molecule has 1 aromatic rings. The molecule has 0 atom stereocenters. The molecule has 0 unspecified atom stereocenters. The highest BCUT2D eigenvalue weighted by molar-refractivity contribution is 5.84. The predicted molar refractivity (Wildman–Crippen MR) is 97.0 cm³/mol. The van der Waals surface area contributed by atoms with Gasteiger partial charge in [0.05, 0.1) is 0 Å². The van der Waals surface area contributed by atoms with Gasteiger partial charge < -0.3 is 20.4 Å². The van der Waals surface area contributed by atoms with Crippen molar-refractivity contribution < 1.29 is 9.18 Å². The smallest absolute Gasteiger partial charge is 0.243 e. The predicted octanol–water partition coefficient (Wildman–Crippen LogP) is 1.30. The monoisotopic (exact) mass is 337 g/mol. The second kappa shape index (κ2) is 10.5. The molecule has 134 valence electrons. The first-order chi connectivity index (χ1) is 11.4. The third kappa shape index (κ3) is 7.30. The lowest BCUT2D eigenvalue weighted by Crippen LogP contribution is -2.39. The molecule has 0 aliphatic rings. The van der Waals surface area contributed by atoms with E-state index in [0.29, 0.717) is 12.5 Å². The first kappa shape index (κ1) is 19.7. The third-order valence-electron chi connectivity index (χ3n) is 3.43. The van der Waals surface area contributed by atoms with Gasteiger partial charge in [0, 0.05) is 46.5 Å². The van der Waals surface area contributed by atoms with E-state index in [2.05, 4.69) is 15.6 Å². The van der Waals surface area contributed by atoms with Crippen molar-refractivity contribution in [1.82, 2.24) is 15.5 Å². The summed E-state index contributed by atoms with van der Waals surface area (Å²) in [6.45, 7) is 4.31. The summed E-state index contributed by atoms with van der Waals surface area (Å²) in [7, 11) is 5.35. The molecule has 1 aromatic carbocycles. The normalized spacial score (nSPS) is 11.1. The third-order valence-corrected chi connectivity index (χ3v) is 3.43. The molecule has 0 spiro atoms. The van der Waals surface area contributed by atoms with Crippen LogP contribution >= 0.6 is 0 Å². The van der Waals surface area contributed by atoms with E-state index in [0.717, 1.165) is 25.2 Å². The number of carbonyl (C=O) groups is 1. The fraction of sp³-hybridized carbons (Fsp3) is 0.529. The number of anilines is 1.